The minimum absolute atomic E-state index is 0.0962. The zero-order valence-corrected chi connectivity index (χ0v) is 22.4. The summed E-state index contributed by atoms with van der Waals surface area (Å²) in [5, 5.41) is 12.1. The van der Waals surface area contributed by atoms with Gasteiger partial charge in [0.25, 0.3) is 0 Å². The van der Waals surface area contributed by atoms with Crippen molar-refractivity contribution in [2.45, 2.75) is 26.7 Å². The molecule has 0 fully saturated rings. The number of carbonyl (C=O) groups excluding carboxylic acids is 2. The Labute approximate surface area is 214 Å². The van der Waals surface area contributed by atoms with Gasteiger partial charge in [0.2, 0.25) is 5.12 Å². The molecular weight excluding hydrogens is 480 g/mol. The number of esters is 1. The van der Waals surface area contributed by atoms with Gasteiger partial charge in [-0.1, -0.05) is 17.8 Å². The third-order valence-corrected chi connectivity index (χ3v) is 6.25. The van der Waals surface area contributed by atoms with E-state index < -0.39 is 5.97 Å². The lowest BCUT2D eigenvalue weighted by Crippen LogP contribution is -2.07. The van der Waals surface area contributed by atoms with Gasteiger partial charge in [0.15, 0.2) is 5.82 Å². The van der Waals surface area contributed by atoms with Crippen molar-refractivity contribution >= 4 is 28.4 Å². The van der Waals surface area contributed by atoms with Crippen LogP contribution in [0, 0.1) is 13.8 Å². The Morgan fingerprint density at radius 1 is 0.972 bits per heavy atom. The van der Waals surface area contributed by atoms with Gasteiger partial charge in [-0.25, -0.2) is 4.79 Å². The Balaban J connectivity index is 2.21. The number of rotatable bonds is 9. The molecule has 0 saturated heterocycles. The number of thioether (sulfide) groups is 1. The van der Waals surface area contributed by atoms with Crippen molar-refractivity contribution in [2.24, 2.45) is 7.05 Å². The molecule has 3 rings (SSSR count). The first-order valence-electron chi connectivity index (χ1n) is 11.2. The van der Waals surface area contributed by atoms with Crippen molar-refractivity contribution in [3.05, 3.63) is 69.5 Å². The Kier molecular flexibility index (Phi) is 8.87. The molecule has 0 bridgehead atoms. The van der Waals surface area contributed by atoms with Gasteiger partial charge in [-0.05, 0) is 83.8 Å². The first-order valence-corrected chi connectivity index (χ1v) is 12.4. The molecule has 0 unspecified atom stereocenters. The zero-order chi connectivity index (χ0) is 26.4. The van der Waals surface area contributed by atoms with Crippen LogP contribution in [0.4, 0.5) is 0 Å². The molecule has 0 saturated carbocycles. The van der Waals surface area contributed by atoms with Crippen molar-refractivity contribution in [2.75, 3.05) is 27.6 Å². The maximum Gasteiger partial charge on any atom is 0.341 e. The number of benzene rings is 2. The van der Waals surface area contributed by atoms with Gasteiger partial charge < -0.3 is 14.2 Å². The Morgan fingerprint density at radius 2 is 1.56 bits per heavy atom. The van der Waals surface area contributed by atoms with E-state index in [0.29, 0.717) is 41.3 Å². The van der Waals surface area contributed by atoms with E-state index in [1.807, 2.05) is 38.1 Å². The third kappa shape index (κ3) is 5.76. The predicted octanol–water partition coefficient (Wildman–Crippen LogP) is 4.20. The highest BCUT2D eigenvalue weighted by Gasteiger charge is 2.21. The third-order valence-electron chi connectivity index (χ3n) is 5.66. The summed E-state index contributed by atoms with van der Waals surface area (Å²) in [5.74, 6) is 1.13. The Morgan fingerprint density at radius 3 is 2.06 bits per heavy atom. The highest BCUT2D eigenvalue weighted by Crippen LogP contribution is 2.36. The lowest BCUT2D eigenvalue weighted by atomic mass is 9.91. The Bertz CT molecular complexity index is 1240. The van der Waals surface area contributed by atoms with Crippen molar-refractivity contribution in [1.29, 1.82) is 0 Å². The minimum Gasteiger partial charge on any atom is -0.496 e. The van der Waals surface area contributed by atoms with Crippen molar-refractivity contribution < 1.29 is 23.8 Å². The molecule has 2 aromatic carbocycles. The van der Waals surface area contributed by atoms with Gasteiger partial charge in [0, 0.05) is 6.42 Å². The molecule has 3 aromatic rings. The Hall–Kier alpha value is -3.66. The van der Waals surface area contributed by atoms with E-state index >= 15 is 0 Å². The number of aryl methyl sites for hydroxylation is 4. The van der Waals surface area contributed by atoms with Gasteiger partial charge in [-0.2, -0.15) is 4.80 Å². The van der Waals surface area contributed by atoms with Crippen LogP contribution in [-0.2, 0) is 18.2 Å². The van der Waals surface area contributed by atoms with E-state index in [9.17, 15) is 9.59 Å². The van der Waals surface area contributed by atoms with Gasteiger partial charge in [-0.15, -0.1) is 10.2 Å². The number of hydrogen-bond acceptors (Lipinski definition) is 9. The normalized spacial score (nSPS) is 11.4. The second-order valence-electron chi connectivity index (χ2n) is 8.08. The molecular formula is C26H30N4O5S. The molecule has 0 radical (unpaired) electrons. The first-order chi connectivity index (χ1) is 17.2. The van der Waals surface area contributed by atoms with Crippen LogP contribution in [0.1, 0.15) is 55.2 Å². The molecule has 0 N–H and O–H groups in total. The average Bonchev–Trinajstić information content (AvgIpc) is 3.29. The molecule has 0 spiro atoms. The molecule has 36 heavy (non-hydrogen) atoms. The molecule has 1 heterocycles. The summed E-state index contributed by atoms with van der Waals surface area (Å²) in [5.41, 5.74) is 4.86. The van der Waals surface area contributed by atoms with E-state index in [-0.39, 0.29) is 5.12 Å². The molecule has 10 heteroatoms. The minimum atomic E-state index is -0.496. The topological polar surface area (TPSA) is 105 Å². The maximum absolute atomic E-state index is 12.7. The fourth-order valence-electron chi connectivity index (χ4n) is 4.10. The molecule has 0 aliphatic carbocycles. The van der Waals surface area contributed by atoms with Gasteiger partial charge in [0.1, 0.15) is 17.1 Å². The van der Waals surface area contributed by atoms with Crippen LogP contribution < -0.4 is 9.47 Å². The van der Waals surface area contributed by atoms with Crippen LogP contribution >= 0.6 is 11.8 Å². The molecule has 190 valence electrons. The predicted molar refractivity (Wildman–Crippen MR) is 139 cm³/mol. The average molecular weight is 511 g/mol. The number of hydrogen-bond donors (Lipinski definition) is 0. The largest absolute Gasteiger partial charge is 0.496 e. The van der Waals surface area contributed by atoms with Gasteiger partial charge in [0.05, 0.1) is 33.9 Å². The molecule has 0 atom stereocenters. The fraction of sp³-hybridized carbons (Fsp3) is 0.346. The van der Waals surface area contributed by atoms with Crippen molar-refractivity contribution in [1.82, 2.24) is 20.2 Å². The van der Waals surface area contributed by atoms with E-state index in [1.165, 1.54) is 19.0 Å². The van der Waals surface area contributed by atoms with Crippen LogP contribution in [0.3, 0.4) is 0 Å². The van der Waals surface area contributed by atoms with E-state index in [0.717, 1.165) is 39.6 Å². The number of carbonyl (C=O) groups is 2. The van der Waals surface area contributed by atoms with Crippen LogP contribution in [0.5, 0.6) is 11.5 Å². The molecule has 9 nitrogen and oxygen atoms in total. The summed E-state index contributed by atoms with van der Waals surface area (Å²) in [6.45, 7) is 3.78. The van der Waals surface area contributed by atoms with E-state index in [4.69, 9.17) is 14.2 Å². The summed E-state index contributed by atoms with van der Waals surface area (Å²) in [7, 11) is 6.13. The standard InChI is InChI=1S/C26H30N4O5S/c1-15-11-17(13-20(23(15)33-4)25(31)35-6)19(9-8-10-22-27-29-30(3)28-22)18-12-16(2)24(34-5)21(14-18)26(32)36-7/h9,11-14H,8,10H2,1-7H3/b19-9-. The molecule has 0 aliphatic heterocycles. The quantitative estimate of drug-likeness (QED) is 0.392. The SMILES string of the molecule is COC(=O)c1cc(/C(=C/CCc2nnn(C)n2)c2cc(C)c(OC)c(C(=O)SC)c2)cc(C)c1OC. The van der Waals surface area contributed by atoms with Crippen LogP contribution in [0.2, 0.25) is 0 Å². The monoisotopic (exact) mass is 510 g/mol. The zero-order valence-electron chi connectivity index (χ0n) is 21.5. The fourth-order valence-corrected chi connectivity index (χ4v) is 4.47. The number of ether oxygens (including phenoxy) is 3. The lowest BCUT2D eigenvalue weighted by Gasteiger charge is -2.18. The second kappa shape index (κ2) is 11.9. The summed E-state index contributed by atoms with van der Waals surface area (Å²) >= 11 is 1.12. The second-order valence-corrected chi connectivity index (χ2v) is 8.86. The molecule has 1 aromatic heterocycles. The van der Waals surface area contributed by atoms with Gasteiger partial charge in [-0.3, -0.25) is 4.79 Å². The highest BCUT2D eigenvalue weighted by atomic mass is 32.2. The highest BCUT2D eigenvalue weighted by molar-refractivity contribution is 8.13. The summed E-state index contributed by atoms with van der Waals surface area (Å²) in [6, 6.07) is 7.50. The number of allylic oxidation sites excluding steroid dienone is 1. The van der Waals surface area contributed by atoms with E-state index in [1.54, 1.807) is 26.5 Å². The molecule has 0 aliphatic rings. The number of nitrogens with zero attached hydrogens (tertiary/aromatic N) is 4. The summed E-state index contributed by atoms with van der Waals surface area (Å²) in [4.78, 5) is 26.7. The van der Waals surface area contributed by atoms with Crippen molar-refractivity contribution in [3.8, 4) is 11.5 Å². The first kappa shape index (κ1) is 26.9. The van der Waals surface area contributed by atoms with Crippen LogP contribution in [-0.4, -0.2) is 58.9 Å². The van der Waals surface area contributed by atoms with E-state index in [2.05, 4.69) is 15.4 Å². The maximum atomic E-state index is 12.7. The summed E-state index contributed by atoms with van der Waals surface area (Å²) in [6.07, 6.45) is 4.97. The number of tetrazole rings is 1. The summed E-state index contributed by atoms with van der Waals surface area (Å²) < 4.78 is 16.0. The number of methoxy groups -OCH3 is 3. The van der Waals surface area contributed by atoms with Gasteiger partial charge >= 0.3 is 5.97 Å². The lowest BCUT2D eigenvalue weighted by molar-refractivity contribution is 0.0596. The van der Waals surface area contributed by atoms with Crippen molar-refractivity contribution in [3.63, 3.8) is 0 Å². The smallest absolute Gasteiger partial charge is 0.341 e. The van der Waals surface area contributed by atoms with Crippen LogP contribution in [0.25, 0.3) is 5.57 Å². The number of aromatic nitrogens is 4. The molecule has 0 amide bonds. The van der Waals surface area contributed by atoms with Crippen LogP contribution in [0.15, 0.2) is 30.3 Å².